The van der Waals surface area contributed by atoms with Crippen molar-refractivity contribution in [3.63, 3.8) is 0 Å². The van der Waals surface area contributed by atoms with E-state index in [1.54, 1.807) is 0 Å². The molecule has 0 aromatic heterocycles. The first-order valence-electron chi connectivity index (χ1n) is 6.14. The molecular weight excluding hydrogens is 214 g/mol. The second kappa shape index (κ2) is 4.57. The first kappa shape index (κ1) is 12.2. The Labute approximate surface area is 103 Å². The van der Waals surface area contributed by atoms with Crippen LogP contribution in [0.15, 0.2) is 18.2 Å². The fraction of sp³-hybridized carbons (Fsp3) is 0.571. The van der Waals surface area contributed by atoms with E-state index in [-0.39, 0.29) is 11.7 Å². The van der Waals surface area contributed by atoms with E-state index in [4.69, 9.17) is 9.47 Å². The van der Waals surface area contributed by atoms with Crippen LogP contribution in [0.5, 0.6) is 11.5 Å². The first-order chi connectivity index (χ1) is 8.02. The Morgan fingerprint density at radius 3 is 2.94 bits per heavy atom. The quantitative estimate of drug-likeness (QED) is 0.869. The summed E-state index contributed by atoms with van der Waals surface area (Å²) in [5.74, 6) is 1.77. The van der Waals surface area contributed by atoms with Crippen molar-refractivity contribution in [2.75, 3.05) is 13.6 Å². The van der Waals surface area contributed by atoms with Crippen molar-refractivity contribution in [2.45, 2.75) is 38.9 Å². The summed E-state index contributed by atoms with van der Waals surface area (Å²) in [5, 5.41) is 3.11. The normalized spacial score (nSPS) is 18.4. The molecule has 1 heterocycles. The molecule has 1 aromatic rings. The van der Waals surface area contributed by atoms with Crippen LogP contribution in [0.1, 0.15) is 26.3 Å². The third-order valence-corrected chi connectivity index (χ3v) is 2.87. The maximum absolute atomic E-state index is 5.96. The van der Waals surface area contributed by atoms with E-state index in [0.717, 1.165) is 24.5 Å². The molecule has 1 aliphatic heterocycles. The topological polar surface area (TPSA) is 30.5 Å². The Morgan fingerprint density at radius 1 is 1.47 bits per heavy atom. The summed E-state index contributed by atoms with van der Waals surface area (Å²) in [4.78, 5) is 0. The Kier molecular flexibility index (Phi) is 3.29. The first-order valence-corrected chi connectivity index (χ1v) is 6.14. The standard InChI is InChI=1S/C14H21NO2/c1-10(9-15-4)16-12-7-5-6-11-8-14(2,3)17-13(11)12/h5-7,10,15H,8-9H2,1-4H3. The van der Waals surface area contributed by atoms with Crippen molar-refractivity contribution >= 4 is 0 Å². The highest BCUT2D eigenvalue weighted by molar-refractivity contribution is 5.50. The molecule has 1 atom stereocenters. The molecule has 1 aromatic carbocycles. The van der Waals surface area contributed by atoms with E-state index >= 15 is 0 Å². The number of benzene rings is 1. The number of rotatable bonds is 4. The molecule has 1 unspecified atom stereocenters. The highest BCUT2D eigenvalue weighted by Crippen LogP contribution is 2.41. The Hall–Kier alpha value is -1.22. The second-order valence-electron chi connectivity index (χ2n) is 5.27. The van der Waals surface area contributed by atoms with E-state index in [2.05, 4.69) is 32.2 Å². The molecule has 1 N–H and O–H groups in total. The van der Waals surface area contributed by atoms with E-state index in [0.29, 0.717) is 0 Å². The Morgan fingerprint density at radius 2 is 2.24 bits per heavy atom. The lowest BCUT2D eigenvalue weighted by Gasteiger charge is -2.20. The van der Waals surface area contributed by atoms with Crippen LogP contribution in [0.3, 0.4) is 0 Å². The molecule has 1 aliphatic rings. The van der Waals surface area contributed by atoms with Crippen LogP contribution in [0.2, 0.25) is 0 Å². The maximum Gasteiger partial charge on any atom is 0.165 e. The molecule has 0 aliphatic carbocycles. The lowest BCUT2D eigenvalue weighted by atomic mass is 10.0. The lowest BCUT2D eigenvalue weighted by Crippen LogP contribution is -2.27. The van der Waals surface area contributed by atoms with E-state index in [1.165, 1.54) is 5.56 Å². The number of likely N-dealkylation sites (N-methyl/N-ethyl adjacent to an activating group) is 1. The van der Waals surface area contributed by atoms with Gasteiger partial charge >= 0.3 is 0 Å². The van der Waals surface area contributed by atoms with Gasteiger partial charge in [-0.2, -0.15) is 0 Å². The summed E-state index contributed by atoms with van der Waals surface area (Å²) in [6, 6.07) is 6.12. The van der Waals surface area contributed by atoms with Crippen molar-refractivity contribution in [1.29, 1.82) is 0 Å². The van der Waals surface area contributed by atoms with Crippen LogP contribution in [0.4, 0.5) is 0 Å². The Balaban J connectivity index is 2.18. The second-order valence-corrected chi connectivity index (χ2v) is 5.27. The van der Waals surface area contributed by atoms with Gasteiger partial charge in [-0.15, -0.1) is 0 Å². The molecule has 0 radical (unpaired) electrons. The number of fused-ring (bicyclic) bond motifs is 1. The summed E-state index contributed by atoms with van der Waals surface area (Å²) < 4.78 is 11.9. The lowest BCUT2D eigenvalue weighted by molar-refractivity contribution is 0.127. The third-order valence-electron chi connectivity index (χ3n) is 2.87. The van der Waals surface area contributed by atoms with Gasteiger partial charge in [0.2, 0.25) is 0 Å². The summed E-state index contributed by atoms with van der Waals surface area (Å²) >= 11 is 0. The van der Waals surface area contributed by atoms with Crippen molar-refractivity contribution in [1.82, 2.24) is 5.32 Å². The van der Waals surface area contributed by atoms with Gasteiger partial charge in [0.15, 0.2) is 11.5 Å². The highest BCUT2D eigenvalue weighted by atomic mass is 16.5. The van der Waals surface area contributed by atoms with E-state index < -0.39 is 0 Å². The van der Waals surface area contributed by atoms with Gasteiger partial charge in [-0.05, 0) is 33.9 Å². The Bertz CT molecular complexity index is 401. The molecule has 0 spiro atoms. The molecule has 94 valence electrons. The fourth-order valence-corrected chi connectivity index (χ4v) is 2.23. The van der Waals surface area contributed by atoms with Crippen LogP contribution < -0.4 is 14.8 Å². The molecule has 0 fully saturated rings. The van der Waals surface area contributed by atoms with Gasteiger partial charge in [-0.3, -0.25) is 0 Å². The zero-order valence-corrected chi connectivity index (χ0v) is 11.0. The van der Waals surface area contributed by atoms with Crippen LogP contribution in [-0.4, -0.2) is 25.3 Å². The average Bonchev–Trinajstić information content (AvgIpc) is 2.53. The van der Waals surface area contributed by atoms with Gasteiger partial charge in [0.25, 0.3) is 0 Å². The fourth-order valence-electron chi connectivity index (χ4n) is 2.23. The molecule has 0 saturated carbocycles. The number of para-hydroxylation sites is 1. The van der Waals surface area contributed by atoms with Crippen LogP contribution in [0, 0.1) is 0 Å². The van der Waals surface area contributed by atoms with E-state index in [9.17, 15) is 0 Å². The molecule has 0 amide bonds. The summed E-state index contributed by atoms with van der Waals surface area (Å²) in [6.07, 6.45) is 1.08. The van der Waals surface area contributed by atoms with Gasteiger partial charge in [0, 0.05) is 18.5 Å². The van der Waals surface area contributed by atoms with Gasteiger partial charge in [-0.1, -0.05) is 12.1 Å². The van der Waals surface area contributed by atoms with Crippen LogP contribution in [-0.2, 0) is 6.42 Å². The molecular formula is C14H21NO2. The van der Waals surface area contributed by atoms with Gasteiger partial charge in [-0.25, -0.2) is 0 Å². The SMILES string of the molecule is CNCC(C)Oc1cccc2c1OC(C)(C)C2. The number of ether oxygens (including phenoxy) is 2. The molecule has 0 bridgehead atoms. The zero-order chi connectivity index (χ0) is 12.5. The van der Waals surface area contributed by atoms with Gasteiger partial charge in [0.05, 0.1) is 0 Å². The maximum atomic E-state index is 5.96. The summed E-state index contributed by atoms with van der Waals surface area (Å²) in [7, 11) is 1.93. The smallest absolute Gasteiger partial charge is 0.165 e. The minimum atomic E-state index is -0.117. The monoisotopic (exact) mass is 235 g/mol. The largest absolute Gasteiger partial charge is 0.485 e. The van der Waals surface area contributed by atoms with Crippen LogP contribution in [0.25, 0.3) is 0 Å². The van der Waals surface area contributed by atoms with Crippen molar-refractivity contribution in [2.24, 2.45) is 0 Å². The number of hydrogen-bond donors (Lipinski definition) is 1. The summed E-state index contributed by atoms with van der Waals surface area (Å²) in [5.41, 5.74) is 1.12. The zero-order valence-electron chi connectivity index (χ0n) is 11.0. The van der Waals surface area contributed by atoms with Crippen LogP contribution >= 0.6 is 0 Å². The summed E-state index contributed by atoms with van der Waals surface area (Å²) in [6.45, 7) is 7.09. The minimum absolute atomic E-state index is 0.117. The molecule has 17 heavy (non-hydrogen) atoms. The predicted molar refractivity (Wildman–Crippen MR) is 68.9 cm³/mol. The van der Waals surface area contributed by atoms with Crippen molar-refractivity contribution in [3.8, 4) is 11.5 Å². The van der Waals surface area contributed by atoms with Crippen molar-refractivity contribution < 1.29 is 9.47 Å². The molecule has 3 nitrogen and oxygen atoms in total. The molecule has 0 saturated heterocycles. The number of hydrogen-bond acceptors (Lipinski definition) is 3. The predicted octanol–water partition coefficient (Wildman–Crippen LogP) is 2.39. The molecule has 2 rings (SSSR count). The average molecular weight is 235 g/mol. The van der Waals surface area contributed by atoms with Gasteiger partial charge in [0.1, 0.15) is 11.7 Å². The highest BCUT2D eigenvalue weighted by Gasteiger charge is 2.32. The van der Waals surface area contributed by atoms with Gasteiger partial charge < -0.3 is 14.8 Å². The minimum Gasteiger partial charge on any atom is -0.485 e. The third kappa shape index (κ3) is 2.72. The molecule has 3 heteroatoms. The van der Waals surface area contributed by atoms with Crippen molar-refractivity contribution in [3.05, 3.63) is 23.8 Å². The van der Waals surface area contributed by atoms with E-state index in [1.807, 2.05) is 19.2 Å². The number of nitrogens with one attached hydrogen (secondary N) is 1.